The van der Waals surface area contributed by atoms with Gasteiger partial charge in [0.1, 0.15) is 5.52 Å². The van der Waals surface area contributed by atoms with E-state index >= 15 is 0 Å². The molecule has 0 bridgehead atoms. The molecule has 1 saturated heterocycles. The van der Waals surface area contributed by atoms with Crippen LogP contribution < -0.4 is 5.56 Å². The molecule has 100 valence electrons. The third kappa shape index (κ3) is 2.36. The van der Waals surface area contributed by atoms with E-state index in [2.05, 4.69) is 22.1 Å². The first-order valence-electron chi connectivity index (χ1n) is 6.40. The van der Waals surface area contributed by atoms with Crippen LogP contribution in [0.4, 0.5) is 0 Å². The van der Waals surface area contributed by atoms with E-state index in [1.807, 2.05) is 12.1 Å². The predicted octanol–water partition coefficient (Wildman–Crippen LogP) is 0.470. The summed E-state index contributed by atoms with van der Waals surface area (Å²) in [4.78, 5) is 14.5. The smallest absolute Gasteiger partial charge is 0.278 e. The standard InChI is InChI=1S/C13H16N4O2/c1-10-8-19-7-6-16(10)9-17-13(18)11-4-2-3-5-12(11)14-15-17/h2-5,10H,6-9H2,1H3/t10-/m0/s1. The molecule has 0 saturated carbocycles. The summed E-state index contributed by atoms with van der Waals surface area (Å²) in [5, 5.41) is 8.70. The topological polar surface area (TPSA) is 60.2 Å². The number of rotatable bonds is 2. The summed E-state index contributed by atoms with van der Waals surface area (Å²) in [6.45, 7) is 4.73. The molecule has 1 aromatic heterocycles. The number of morpholine rings is 1. The van der Waals surface area contributed by atoms with Gasteiger partial charge in [-0.25, -0.2) is 0 Å². The minimum atomic E-state index is -0.0932. The van der Waals surface area contributed by atoms with Gasteiger partial charge in [-0.15, -0.1) is 5.10 Å². The van der Waals surface area contributed by atoms with Crippen LogP contribution in [0.1, 0.15) is 6.92 Å². The summed E-state index contributed by atoms with van der Waals surface area (Å²) >= 11 is 0. The Morgan fingerprint density at radius 1 is 1.42 bits per heavy atom. The van der Waals surface area contributed by atoms with Crippen molar-refractivity contribution in [2.45, 2.75) is 19.6 Å². The highest BCUT2D eigenvalue weighted by Crippen LogP contribution is 2.07. The Hall–Kier alpha value is -1.79. The molecule has 6 heteroatoms. The van der Waals surface area contributed by atoms with Gasteiger partial charge in [0.2, 0.25) is 0 Å². The number of benzene rings is 1. The number of nitrogens with zero attached hydrogens (tertiary/aromatic N) is 4. The fourth-order valence-corrected chi connectivity index (χ4v) is 2.26. The normalized spacial score (nSPS) is 20.8. The van der Waals surface area contributed by atoms with Crippen LogP contribution in [-0.4, -0.2) is 45.7 Å². The molecule has 0 aliphatic carbocycles. The monoisotopic (exact) mass is 260 g/mol. The molecule has 2 heterocycles. The van der Waals surface area contributed by atoms with Crippen LogP contribution in [0.2, 0.25) is 0 Å². The molecule has 0 unspecified atom stereocenters. The van der Waals surface area contributed by atoms with Gasteiger partial charge in [-0.3, -0.25) is 9.69 Å². The quantitative estimate of drug-likeness (QED) is 0.785. The second-order valence-electron chi connectivity index (χ2n) is 4.79. The highest BCUT2D eigenvalue weighted by atomic mass is 16.5. The molecule has 19 heavy (non-hydrogen) atoms. The first-order chi connectivity index (χ1) is 9.25. The van der Waals surface area contributed by atoms with E-state index in [0.717, 1.165) is 6.54 Å². The highest BCUT2D eigenvalue weighted by molar-refractivity contribution is 5.76. The predicted molar refractivity (Wildman–Crippen MR) is 70.8 cm³/mol. The molecular weight excluding hydrogens is 244 g/mol. The maximum atomic E-state index is 12.3. The SMILES string of the molecule is C[C@H]1COCCN1Cn1nnc2ccccc2c1=O. The van der Waals surface area contributed by atoms with Crippen molar-refractivity contribution < 1.29 is 4.74 Å². The molecule has 2 aromatic rings. The van der Waals surface area contributed by atoms with Crippen LogP contribution in [0.5, 0.6) is 0 Å². The lowest BCUT2D eigenvalue weighted by Gasteiger charge is -2.32. The summed E-state index contributed by atoms with van der Waals surface area (Å²) < 4.78 is 6.81. The summed E-state index contributed by atoms with van der Waals surface area (Å²) in [5.74, 6) is 0. The third-order valence-electron chi connectivity index (χ3n) is 3.45. The van der Waals surface area contributed by atoms with Crippen molar-refractivity contribution in [3.05, 3.63) is 34.6 Å². The molecule has 0 spiro atoms. The molecule has 0 amide bonds. The second kappa shape index (κ2) is 5.07. The Balaban J connectivity index is 1.93. The molecule has 1 aliphatic rings. The summed E-state index contributed by atoms with van der Waals surface area (Å²) in [5.41, 5.74) is 0.545. The molecule has 1 aromatic carbocycles. The van der Waals surface area contributed by atoms with E-state index in [4.69, 9.17) is 4.74 Å². The maximum absolute atomic E-state index is 12.3. The Kier molecular flexibility index (Phi) is 3.27. The van der Waals surface area contributed by atoms with E-state index in [9.17, 15) is 4.79 Å². The zero-order valence-corrected chi connectivity index (χ0v) is 10.8. The van der Waals surface area contributed by atoms with Crippen LogP contribution in [-0.2, 0) is 11.4 Å². The summed E-state index contributed by atoms with van der Waals surface area (Å²) in [7, 11) is 0. The lowest BCUT2D eigenvalue weighted by Crippen LogP contribution is -2.46. The van der Waals surface area contributed by atoms with Gasteiger partial charge in [0.15, 0.2) is 0 Å². The minimum Gasteiger partial charge on any atom is -0.379 e. The molecule has 1 atom stereocenters. The fraction of sp³-hybridized carbons (Fsp3) is 0.462. The van der Waals surface area contributed by atoms with Gasteiger partial charge < -0.3 is 4.74 Å². The van der Waals surface area contributed by atoms with Gasteiger partial charge in [0, 0.05) is 12.6 Å². The zero-order valence-electron chi connectivity index (χ0n) is 10.8. The largest absolute Gasteiger partial charge is 0.379 e. The van der Waals surface area contributed by atoms with Crippen LogP contribution in [0.25, 0.3) is 10.9 Å². The first kappa shape index (κ1) is 12.3. The molecular formula is C13H16N4O2. The van der Waals surface area contributed by atoms with E-state index in [0.29, 0.717) is 30.8 Å². The van der Waals surface area contributed by atoms with Crippen molar-refractivity contribution in [3.63, 3.8) is 0 Å². The molecule has 1 aliphatic heterocycles. The van der Waals surface area contributed by atoms with E-state index in [1.54, 1.807) is 12.1 Å². The Labute approximate surface area is 110 Å². The van der Waals surface area contributed by atoms with Crippen molar-refractivity contribution in [2.75, 3.05) is 19.8 Å². The van der Waals surface area contributed by atoms with E-state index in [-0.39, 0.29) is 11.6 Å². The van der Waals surface area contributed by atoms with Crippen molar-refractivity contribution in [1.82, 2.24) is 19.9 Å². The first-order valence-corrected chi connectivity index (χ1v) is 6.40. The molecule has 3 rings (SSSR count). The second-order valence-corrected chi connectivity index (χ2v) is 4.79. The van der Waals surface area contributed by atoms with Crippen LogP contribution in [0, 0.1) is 0 Å². The average molecular weight is 260 g/mol. The number of hydrogen-bond acceptors (Lipinski definition) is 5. The maximum Gasteiger partial charge on any atom is 0.278 e. The van der Waals surface area contributed by atoms with Crippen molar-refractivity contribution >= 4 is 10.9 Å². The molecule has 0 radical (unpaired) electrons. The van der Waals surface area contributed by atoms with Gasteiger partial charge in [-0.2, -0.15) is 4.68 Å². The number of aromatic nitrogens is 3. The van der Waals surface area contributed by atoms with Gasteiger partial charge in [0.25, 0.3) is 5.56 Å². The van der Waals surface area contributed by atoms with Gasteiger partial charge in [-0.1, -0.05) is 17.3 Å². The van der Waals surface area contributed by atoms with Crippen molar-refractivity contribution in [1.29, 1.82) is 0 Å². The van der Waals surface area contributed by atoms with E-state index < -0.39 is 0 Å². The molecule has 1 fully saturated rings. The highest BCUT2D eigenvalue weighted by Gasteiger charge is 2.20. The number of hydrogen-bond donors (Lipinski definition) is 0. The van der Waals surface area contributed by atoms with Gasteiger partial charge in [-0.05, 0) is 19.1 Å². The number of fused-ring (bicyclic) bond motifs is 1. The average Bonchev–Trinajstić information content (AvgIpc) is 2.44. The Morgan fingerprint density at radius 3 is 3.11 bits per heavy atom. The Morgan fingerprint density at radius 2 is 2.26 bits per heavy atom. The van der Waals surface area contributed by atoms with E-state index in [1.165, 1.54) is 4.68 Å². The van der Waals surface area contributed by atoms with Crippen LogP contribution in [0.3, 0.4) is 0 Å². The lowest BCUT2D eigenvalue weighted by molar-refractivity contribution is -0.0184. The summed E-state index contributed by atoms with van der Waals surface area (Å²) in [6, 6.07) is 7.56. The van der Waals surface area contributed by atoms with Crippen molar-refractivity contribution in [3.8, 4) is 0 Å². The third-order valence-corrected chi connectivity index (χ3v) is 3.45. The summed E-state index contributed by atoms with van der Waals surface area (Å²) in [6.07, 6.45) is 0. The van der Waals surface area contributed by atoms with Crippen LogP contribution in [0.15, 0.2) is 29.1 Å². The van der Waals surface area contributed by atoms with Gasteiger partial charge >= 0.3 is 0 Å². The minimum absolute atomic E-state index is 0.0932. The number of ether oxygens (including phenoxy) is 1. The molecule has 6 nitrogen and oxygen atoms in total. The molecule has 0 N–H and O–H groups in total. The Bertz CT molecular complexity index is 640. The zero-order chi connectivity index (χ0) is 13.2. The lowest BCUT2D eigenvalue weighted by atomic mass is 10.2. The van der Waals surface area contributed by atoms with Gasteiger partial charge in [0.05, 0.1) is 25.3 Å². The van der Waals surface area contributed by atoms with Crippen molar-refractivity contribution in [2.24, 2.45) is 0 Å². The fourth-order valence-electron chi connectivity index (χ4n) is 2.26. The van der Waals surface area contributed by atoms with Crippen LogP contribution >= 0.6 is 0 Å².